The minimum Gasteiger partial charge on any atom is -0.357 e. The molecule has 134 valence electrons. The fraction of sp³-hybridized carbons (Fsp3) is 0.389. The van der Waals surface area contributed by atoms with Gasteiger partial charge in [-0.1, -0.05) is 62.1 Å². The van der Waals surface area contributed by atoms with E-state index in [0.29, 0.717) is 6.54 Å². The lowest BCUT2D eigenvalue weighted by Gasteiger charge is -2.19. The molecular weight excluding hydrogens is 352 g/mol. The first kappa shape index (κ1) is 19.5. The SMILES string of the molecule is C=CCNc1nnc(SC(C)C(=O)Nc2ccc(C(C)(C)C)cc2)s1. The highest BCUT2D eigenvalue weighted by atomic mass is 32.2. The zero-order valence-corrected chi connectivity index (χ0v) is 16.6. The normalized spacial score (nSPS) is 12.5. The molecule has 0 saturated carbocycles. The Morgan fingerprint density at radius 3 is 2.60 bits per heavy atom. The van der Waals surface area contributed by atoms with Crippen molar-refractivity contribution in [2.24, 2.45) is 0 Å². The summed E-state index contributed by atoms with van der Waals surface area (Å²) in [6.45, 7) is 12.6. The Morgan fingerprint density at radius 1 is 1.32 bits per heavy atom. The third kappa shape index (κ3) is 5.86. The Balaban J connectivity index is 1.91. The molecule has 0 fully saturated rings. The second-order valence-corrected chi connectivity index (χ2v) is 9.18. The van der Waals surface area contributed by atoms with Crippen molar-refractivity contribution in [2.45, 2.75) is 42.7 Å². The summed E-state index contributed by atoms with van der Waals surface area (Å²) in [6, 6.07) is 7.99. The second-order valence-electron chi connectivity index (χ2n) is 6.62. The van der Waals surface area contributed by atoms with Gasteiger partial charge in [0.2, 0.25) is 11.0 Å². The summed E-state index contributed by atoms with van der Waals surface area (Å²) in [6.07, 6.45) is 1.76. The fourth-order valence-corrected chi connectivity index (χ4v) is 3.89. The molecule has 2 aromatic rings. The number of anilines is 2. The van der Waals surface area contributed by atoms with Gasteiger partial charge in [-0.15, -0.1) is 16.8 Å². The van der Waals surface area contributed by atoms with Crippen LogP contribution in [0.2, 0.25) is 0 Å². The van der Waals surface area contributed by atoms with Gasteiger partial charge >= 0.3 is 0 Å². The average molecular weight is 377 g/mol. The maximum Gasteiger partial charge on any atom is 0.237 e. The quantitative estimate of drug-likeness (QED) is 0.548. The van der Waals surface area contributed by atoms with Crippen molar-refractivity contribution in [1.29, 1.82) is 0 Å². The lowest BCUT2D eigenvalue weighted by molar-refractivity contribution is -0.115. The molecule has 25 heavy (non-hydrogen) atoms. The van der Waals surface area contributed by atoms with Crippen LogP contribution in [0.25, 0.3) is 0 Å². The van der Waals surface area contributed by atoms with Gasteiger partial charge in [-0.2, -0.15) is 0 Å². The van der Waals surface area contributed by atoms with Crippen LogP contribution >= 0.6 is 23.1 Å². The van der Waals surface area contributed by atoms with E-state index in [4.69, 9.17) is 0 Å². The summed E-state index contributed by atoms with van der Waals surface area (Å²) in [5.74, 6) is -0.0516. The van der Waals surface area contributed by atoms with E-state index >= 15 is 0 Å². The zero-order valence-electron chi connectivity index (χ0n) is 15.0. The first-order valence-corrected chi connectivity index (χ1v) is 9.75. The summed E-state index contributed by atoms with van der Waals surface area (Å²) in [7, 11) is 0. The minimum absolute atomic E-state index is 0.0516. The van der Waals surface area contributed by atoms with Crippen LogP contribution in [-0.2, 0) is 10.2 Å². The first-order chi connectivity index (χ1) is 11.8. The van der Waals surface area contributed by atoms with E-state index in [9.17, 15) is 4.79 Å². The van der Waals surface area contributed by atoms with Crippen molar-refractivity contribution in [3.05, 3.63) is 42.5 Å². The molecular formula is C18H24N4OS2. The van der Waals surface area contributed by atoms with Crippen LogP contribution in [0.3, 0.4) is 0 Å². The van der Waals surface area contributed by atoms with Crippen molar-refractivity contribution in [3.63, 3.8) is 0 Å². The zero-order chi connectivity index (χ0) is 18.4. The number of nitrogens with zero attached hydrogens (tertiary/aromatic N) is 2. The highest BCUT2D eigenvalue weighted by Gasteiger charge is 2.18. The van der Waals surface area contributed by atoms with Crippen molar-refractivity contribution < 1.29 is 4.79 Å². The van der Waals surface area contributed by atoms with E-state index in [2.05, 4.69) is 60.3 Å². The maximum atomic E-state index is 12.4. The maximum absolute atomic E-state index is 12.4. The van der Waals surface area contributed by atoms with E-state index in [1.165, 1.54) is 28.7 Å². The predicted molar refractivity (Wildman–Crippen MR) is 108 cm³/mol. The molecule has 5 nitrogen and oxygen atoms in total. The molecule has 0 aliphatic carbocycles. The van der Waals surface area contributed by atoms with Crippen molar-refractivity contribution in [2.75, 3.05) is 17.2 Å². The van der Waals surface area contributed by atoms with Crippen LogP contribution < -0.4 is 10.6 Å². The first-order valence-electron chi connectivity index (χ1n) is 8.06. The van der Waals surface area contributed by atoms with Crippen LogP contribution in [0.4, 0.5) is 10.8 Å². The monoisotopic (exact) mass is 376 g/mol. The van der Waals surface area contributed by atoms with E-state index in [1.54, 1.807) is 6.08 Å². The van der Waals surface area contributed by atoms with Gasteiger partial charge in [-0.05, 0) is 30.0 Å². The van der Waals surface area contributed by atoms with E-state index < -0.39 is 0 Å². The van der Waals surface area contributed by atoms with Crippen molar-refractivity contribution in [1.82, 2.24) is 10.2 Å². The topological polar surface area (TPSA) is 66.9 Å². The smallest absolute Gasteiger partial charge is 0.237 e. The number of amides is 1. The standard InChI is InChI=1S/C18H24N4OS2/c1-6-11-19-16-21-22-17(25-16)24-12(2)15(23)20-14-9-7-13(8-10-14)18(3,4)5/h6-10,12H,1,11H2,2-5H3,(H,19,21)(H,20,23). The number of rotatable bonds is 7. The van der Waals surface area contributed by atoms with Gasteiger partial charge in [-0.25, -0.2) is 0 Å². The number of thioether (sulfide) groups is 1. The van der Waals surface area contributed by atoms with Gasteiger partial charge in [0.1, 0.15) is 0 Å². The molecule has 1 atom stereocenters. The summed E-state index contributed by atoms with van der Waals surface area (Å²) >= 11 is 2.83. The lowest BCUT2D eigenvalue weighted by Crippen LogP contribution is -2.22. The van der Waals surface area contributed by atoms with Gasteiger partial charge in [0, 0.05) is 12.2 Å². The molecule has 0 bridgehead atoms. The Labute approximate surface area is 157 Å². The summed E-state index contributed by atoms with van der Waals surface area (Å²) < 4.78 is 0.761. The summed E-state index contributed by atoms with van der Waals surface area (Å²) in [5, 5.41) is 14.6. The molecule has 0 spiro atoms. The molecule has 1 heterocycles. The Bertz CT molecular complexity index is 719. The molecule has 0 aliphatic heterocycles. The lowest BCUT2D eigenvalue weighted by atomic mass is 9.87. The van der Waals surface area contributed by atoms with E-state index in [0.717, 1.165) is 15.2 Å². The summed E-state index contributed by atoms with van der Waals surface area (Å²) in [5.41, 5.74) is 2.14. The number of hydrogen-bond donors (Lipinski definition) is 2. The van der Waals surface area contributed by atoms with Crippen molar-refractivity contribution in [3.8, 4) is 0 Å². The molecule has 1 amide bonds. The Morgan fingerprint density at radius 2 is 2.00 bits per heavy atom. The molecule has 0 aliphatic rings. The molecule has 2 rings (SSSR count). The molecule has 0 saturated heterocycles. The van der Waals surface area contributed by atoms with Gasteiger partial charge in [0.05, 0.1) is 5.25 Å². The van der Waals surface area contributed by atoms with Gasteiger partial charge in [0.25, 0.3) is 0 Å². The van der Waals surface area contributed by atoms with Crippen LogP contribution in [0, 0.1) is 0 Å². The van der Waals surface area contributed by atoms with E-state index in [-0.39, 0.29) is 16.6 Å². The summed E-state index contributed by atoms with van der Waals surface area (Å²) in [4.78, 5) is 12.4. The number of hydrogen-bond acceptors (Lipinski definition) is 6. The highest BCUT2D eigenvalue weighted by Crippen LogP contribution is 2.29. The molecule has 1 aromatic carbocycles. The van der Waals surface area contributed by atoms with Crippen LogP contribution in [0.15, 0.2) is 41.3 Å². The molecule has 7 heteroatoms. The third-order valence-electron chi connectivity index (χ3n) is 3.47. The van der Waals surface area contributed by atoms with Crippen LogP contribution in [0.5, 0.6) is 0 Å². The number of carbonyl (C=O) groups is 1. The van der Waals surface area contributed by atoms with Crippen LogP contribution in [0.1, 0.15) is 33.3 Å². The number of nitrogens with one attached hydrogen (secondary N) is 2. The van der Waals surface area contributed by atoms with E-state index in [1.807, 2.05) is 19.1 Å². The number of carbonyl (C=O) groups excluding carboxylic acids is 1. The number of aromatic nitrogens is 2. The second kappa shape index (κ2) is 8.49. The van der Waals surface area contributed by atoms with Gasteiger partial charge in [-0.3, -0.25) is 4.79 Å². The molecule has 1 aromatic heterocycles. The van der Waals surface area contributed by atoms with Gasteiger partial charge < -0.3 is 10.6 Å². The van der Waals surface area contributed by atoms with Gasteiger partial charge in [0.15, 0.2) is 4.34 Å². The highest BCUT2D eigenvalue weighted by molar-refractivity contribution is 8.02. The molecule has 0 radical (unpaired) electrons. The largest absolute Gasteiger partial charge is 0.357 e. The van der Waals surface area contributed by atoms with Crippen molar-refractivity contribution >= 4 is 39.8 Å². The molecule has 1 unspecified atom stereocenters. The molecule has 2 N–H and O–H groups in total. The van der Waals surface area contributed by atoms with Crippen LogP contribution in [-0.4, -0.2) is 27.9 Å². The average Bonchev–Trinajstić information content (AvgIpc) is 3.00. The third-order valence-corrected chi connectivity index (χ3v) is 5.53. The number of benzene rings is 1. The minimum atomic E-state index is -0.262. The Hall–Kier alpha value is -1.86. The Kier molecular flexibility index (Phi) is 6.61. The predicted octanol–water partition coefficient (Wildman–Crippen LogP) is 4.55. The fourth-order valence-electron chi connectivity index (χ4n) is 1.99.